The van der Waals surface area contributed by atoms with E-state index in [-0.39, 0.29) is 0 Å². The highest BCUT2D eigenvalue weighted by atomic mass is 15.1. The molecule has 0 aliphatic carbocycles. The topological polar surface area (TPSA) is 116 Å². The van der Waals surface area contributed by atoms with E-state index in [2.05, 4.69) is 25.3 Å². The average Bonchev–Trinajstić information content (AvgIpc) is 2.84. The number of aromatic nitrogens is 4. The first-order chi connectivity index (χ1) is 9.69. The Labute approximate surface area is 114 Å². The third kappa shape index (κ3) is 1.95. The first-order valence-electron chi connectivity index (χ1n) is 6.00. The van der Waals surface area contributed by atoms with Crippen LogP contribution in [0.5, 0.6) is 0 Å². The number of hydrogen-bond acceptors (Lipinski definition) is 6. The van der Waals surface area contributed by atoms with Gasteiger partial charge in [0.15, 0.2) is 0 Å². The minimum Gasteiger partial charge on any atom is -0.397 e. The van der Waals surface area contributed by atoms with Gasteiger partial charge in [0.2, 0.25) is 0 Å². The second-order valence-electron chi connectivity index (χ2n) is 4.39. The summed E-state index contributed by atoms with van der Waals surface area (Å²) in [7, 11) is 0. The van der Waals surface area contributed by atoms with Crippen molar-refractivity contribution in [2.45, 2.75) is 6.92 Å². The predicted molar refractivity (Wildman–Crippen MR) is 78.4 cm³/mol. The van der Waals surface area contributed by atoms with E-state index in [0.29, 0.717) is 22.9 Å². The van der Waals surface area contributed by atoms with Crippen molar-refractivity contribution in [3.05, 3.63) is 35.9 Å². The number of hydrogen-bond donors (Lipinski definition) is 4. The van der Waals surface area contributed by atoms with Gasteiger partial charge in [-0.1, -0.05) is 0 Å². The van der Waals surface area contributed by atoms with Gasteiger partial charge in [-0.05, 0) is 18.6 Å². The monoisotopic (exact) mass is 267 g/mol. The highest BCUT2D eigenvalue weighted by Crippen LogP contribution is 2.25. The molecule has 3 rings (SSSR count). The normalized spacial score (nSPS) is 10.7. The number of aromatic amines is 1. The van der Waals surface area contributed by atoms with Gasteiger partial charge in [0.1, 0.15) is 23.6 Å². The molecule has 0 aliphatic rings. The van der Waals surface area contributed by atoms with Crippen LogP contribution in [0.15, 0.2) is 24.8 Å². The van der Waals surface area contributed by atoms with Gasteiger partial charge in [0.25, 0.3) is 0 Å². The molecule has 0 fully saturated rings. The van der Waals surface area contributed by atoms with E-state index in [1.54, 1.807) is 6.07 Å². The van der Waals surface area contributed by atoms with Crippen molar-refractivity contribution < 1.29 is 0 Å². The van der Waals surface area contributed by atoms with Gasteiger partial charge in [-0.3, -0.25) is 0 Å². The number of nitrogens with zero attached hydrogens (tertiary/aromatic N) is 3. The number of rotatable bonds is 3. The molecule has 0 spiro atoms. The van der Waals surface area contributed by atoms with Crippen LogP contribution in [0.4, 0.5) is 17.3 Å². The summed E-state index contributed by atoms with van der Waals surface area (Å²) in [5.41, 5.74) is 8.61. The highest BCUT2D eigenvalue weighted by Gasteiger charge is 2.09. The zero-order valence-corrected chi connectivity index (χ0v) is 10.8. The molecule has 0 saturated heterocycles. The fraction of sp³-hybridized carbons (Fsp3) is 0.0769. The van der Waals surface area contributed by atoms with Crippen molar-refractivity contribution in [1.82, 2.24) is 19.9 Å². The summed E-state index contributed by atoms with van der Waals surface area (Å²) in [6.07, 6.45) is 6.07. The van der Waals surface area contributed by atoms with Gasteiger partial charge in [0.05, 0.1) is 17.3 Å². The van der Waals surface area contributed by atoms with E-state index < -0.39 is 0 Å². The summed E-state index contributed by atoms with van der Waals surface area (Å²) >= 11 is 0. The lowest BCUT2D eigenvalue weighted by Crippen LogP contribution is -2.01. The largest absolute Gasteiger partial charge is 0.397 e. The standard InChI is InChI=1S/C13H13N7/c1-7-4-17-12-11(7)13(19-6-18-12)20-10-2-8(3-14)9(15)5-16-10/h2-6,14H,15H2,1H3,(H2,16,17,18,19,20). The molecule has 0 bridgehead atoms. The first-order valence-corrected chi connectivity index (χ1v) is 6.00. The number of nitrogen functional groups attached to an aromatic ring is 1. The Balaban J connectivity index is 2.05. The summed E-state index contributed by atoms with van der Waals surface area (Å²) in [5, 5.41) is 11.4. The number of pyridine rings is 1. The minimum absolute atomic E-state index is 0.469. The molecule has 3 aromatic rings. The molecule has 20 heavy (non-hydrogen) atoms. The van der Waals surface area contributed by atoms with Gasteiger partial charge in [0, 0.05) is 18.0 Å². The van der Waals surface area contributed by atoms with Crippen molar-refractivity contribution >= 4 is 34.6 Å². The Morgan fingerprint density at radius 3 is 3.00 bits per heavy atom. The Bertz CT molecular complexity index is 791. The van der Waals surface area contributed by atoms with Gasteiger partial charge < -0.3 is 21.4 Å². The number of aryl methyl sites for hydroxylation is 1. The average molecular weight is 267 g/mol. The molecule has 3 heterocycles. The van der Waals surface area contributed by atoms with Crippen molar-refractivity contribution in [2.24, 2.45) is 0 Å². The van der Waals surface area contributed by atoms with E-state index in [9.17, 15) is 0 Å². The molecule has 3 aromatic heterocycles. The molecule has 0 aromatic carbocycles. The lowest BCUT2D eigenvalue weighted by Gasteiger charge is -2.08. The van der Waals surface area contributed by atoms with E-state index in [1.165, 1.54) is 18.7 Å². The third-order valence-corrected chi connectivity index (χ3v) is 3.04. The molecule has 7 nitrogen and oxygen atoms in total. The maximum Gasteiger partial charge on any atom is 0.144 e. The number of anilines is 3. The summed E-state index contributed by atoms with van der Waals surface area (Å²) in [6, 6.07) is 1.71. The zero-order chi connectivity index (χ0) is 14.1. The fourth-order valence-electron chi connectivity index (χ4n) is 2.01. The van der Waals surface area contributed by atoms with Crippen LogP contribution in [0.25, 0.3) is 11.0 Å². The Kier molecular flexibility index (Phi) is 2.79. The van der Waals surface area contributed by atoms with E-state index in [4.69, 9.17) is 11.1 Å². The van der Waals surface area contributed by atoms with Crippen LogP contribution in [0, 0.1) is 12.3 Å². The minimum atomic E-state index is 0.469. The van der Waals surface area contributed by atoms with Crippen LogP contribution < -0.4 is 11.1 Å². The van der Waals surface area contributed by atoms with Gasteiger partial charge in [-0.25, -0.2) is 15.0 Å². The van der Waals surface area contributed by atoms with Crippen LogP contribution in [0.3, 0.4) is 0 Å². The lowest BCUT2D eigenvalue weighted by atomic mass is 10.2. The SMILES string of the molecule is Cc1c[nH]c2ncnc(Nc3cc(C=N)c(N)cn3)c12. The van der Waals surface area contributed by atoms with E-state index in [1.807, 2.05) is 13.1 Å². The second-order valence-corrected chi connectivity index (χ2v) is 4.39. The molecule has 0 aliphatic heterocycles. The Morgan fingerprint density at radius 2 is 2.20 bits per heavy atom. The van der Waals surface area contributed by atoms with Crippen LogP contribution >= 0.6 is 0 Å². The van der Waals surface area contributed by atoms with Gasteiger partial charge >= 0.3 is 0 Å². The van der Waals surface area contributed by atoms with Crippen molar-refractivity contribution in [3.63, 3.8) is 0 Å². The molecule has 0 saturated carbocycles. The quantitative estimate of drug-likeness (QED) is 0.541. The van der Waals surface area contributed by atoms with E-state index >= 15 is 0 Å². The molecular formula is C13H13N7. The summed E-state index contributed by atoms with van der Waals surface area (Å²) in [4.78, 5) is 15.7. The number of fused-ring (bicyclic) bond motifs is 1. The first kappa shape index (κ1) is 12.1. The maximum absolute atomic E-state index is 7.31. The molecule has 7 heteroatoms. The summed E-state index contributed by atoms with van der Waals surface area (Å²) in [5.74, 6) is 1.25. The van der Waals surface area contributed by atoms with Crippen LogP contribution in [0.1, 0.15) is 11.1 Å². The Hall–Kier alpha value is -2.96. The van der Waals surface area contributed by atoms with Crippen molar-refractivity contribution in [3.8, 4) is 0 Å². The molecule has 0 radical (unpaired) electrons. The van der Waals surface area contributed by atoms with Gasteiger partial charge in [-0.2, -0.15) is 0 Å². The summed E-state index contributed by atoms with van der Waals surface area (Å²) in [6.45, 7) is 1.98. The highest BCUT2D eigenvalue weighted by molar-refractivity contribution is 5.92. The van der Waals surface area contributed by atoms with Crippen LogP contribution in [0.2, 0.25) is 0 Å². The fourth-order valence-corrected chi connectivity index (χ4v) is 2.01. The van der Waals surface area contributed by atoms with Crippen molar-refractivity contribution in [1.29, 1.82) is 5.41 Å². The zero-order valence-electron chi connectivity index (χ0n) is 10.8. The second kappa shape index (κ2) is 4.61. The molecule has 5 N–H and O–H groups in total. The number of H-pyrrole nitrogens is 1. The number of nitrogens with two attached hydrogens (primary N) is 1. The lowest BCUT2D eigenvalue weighted by molar-refractivity contribution is 1.19. The van der Waals surface area contributed by atoms with Crippen molar-refractivity contribution in [2.75, 3.05) is 11.1 Å². The molecule has 0 amide bonds. The van der Waals surface area contributed by atoms with Crippen LogP contribution in [-0.2, 0) is 0 Å². The van der Waals surface area contributed by atoms with Crippen LogP contribution in [-0.4, -0.2) is 26.2 Å². The molecular weight excluding hydrogens is 254 g/mol. The maximum atomic E-state index is 7.31. The Morgan fingerprint density at radius 1 is 1.35 bits per heavy atom. The van der Waals surface area contributed by atoms with Gasteiger partial charge in [-0.15, -0.1) is 0 Å². The predicted octanol–water partition coefficient (Wildman–Crippen LogP) is 1.98. The molecule has 100 valence electrons. The smallest absolute Gasteiger partial charge is 0.144 e. The molecule has 0 atom stereocenters. The third-order valence-electron chi connectivity index (χ3n) is 3.04. The van der Waals surface area contributed by atoms with E-state index in [0.717, 1.165) is 16.6 Å². The molecule has 0 unspecified atom stereocenters. The summed E-state index contributed by atoms with van der Waals surface area (Å²) < 4.78 is 0. The number of nitrogens with one attached hydrogen (secondary N) is 3.